The highest BCUT2D eigenvalue weighted by atomic mass is 32.3. The first kappa shape index (κ1) is 19.7. The maximum Gasteiger partial charge on any atom is 0.412 e. The molecule has 162 valence electrons. The van der Waals surface area contributed by atoms with Gasteiger partial charge in [0.05, 0.1) is 35.5 Å². The molecule has 1 aromatic carbocycles. The molecule has 9 heteroatoms. The first-order valence-corrected chi connectivity index (χ1v) is 12.3. The number of carbonyl (C=O) groups is 1. The molecule has 0 spiro atoms. The summed E-state index contributed by atoms with van der Waals surface area (Å²) in [5.74, 6) is 1.46. The second-order valence-electron chi connectivity index (χ2n) is 8.65. The summed E-state index contributed by atoms with van der Waals surface area (Å²) in [6, 6.07) is 3.73. The molecule has 1 unspecified atom stereocenters. The molecular weight excluding hydrogens is 406 g/mol. The number of hydrogen-bond acceptors (Lipinski definition) is 5. The van der Waals surface area contributed by atoms with E-state index in [0.29, 0.717) is 17.2 Å². The first-order valence-electron chi connectivity index (χ1n) is 10.5. The van der Waals surface area contributed by atoms with Crippen LogP contribution < -0.4 is 9.64 Å². The number of ether oxygens (including phenoxy) is 1. The van der Waals surface area contributed by atoms with Crippen LogP contribution in [0.15, 0.2) is 24.5 Å². The number of carboxylic acid groups (broad SMARTS) is 1. The van der Waals surface area contributed by atoms with Crippen LogP contribution >= 0.6 is 10.6 Å². The van der Waals surface area contributed by atoms with E-state index in [4.69, 9.17) is 4.74 Å². The van der Waals surface area contributed by atoms with E-state index in [-0.39, 0.29) is 18.2 Å². The second kappa shape index (κ2) is 7.18. The van der Waals surface area contributed by atoms with Gasteiger partial charge in [-0.3, -0.25) is 18.7 Å². The van der Waals surface area contributed by atoms with Gasteiger partial charge in [-0.15, -0.1) is 0 Å². The van der Waals surface area contributed by atoms with Crippen molar-refractivity contribution in [1.82, 2.24) is 9.78 Å². The van der Waals surface area contributed by atoms with Crippen LogP contribution in [0.5, 0.6) is 5.75 Å². The molecule has 8 nitrogen and oxygen atoms in total. The number of nitrogens with zero attached hydrogens (tertiary/aromatic N) is 3. The van der Waals surface area contributed by atoms with Crippen LogP contribution in [-0.2, 0) is 6.42 Å². The quantitative estimate of drug-likeness (QED) is 0.650. The average molecular weight is 434 g/mol. The molecule has 2 fully saturated rings. The van der Waals surface area contributed by atoms with E-state index >= 15 is 0 Å². The van der Waals surface area contributed by atoms with Gasteiger partial charge in [0, 0.05) is 28.9 Å². The molecule has 30 heavy (non-hydrogen) atoms. The van der Waals surface area contributed by atoms with E-state index in [9.17, 15) is 19.0 Å². The first-order chi connectivity index (χ1) is 14.3. The topological polar surface area (TPSA) is 108 Å². The molecule has 2 aliphatic heterocycles. The highest BCUT2D eigenvalue weighted by Crippen LogP contribution is 2.54. The Bertz CT molecular complexity index is 979. The van der Waals surface area contributed by atoms with Crippen molar-refractivity contribution in [3.8, 4) is 16.9 Å². The van der Waals surface area contributed by atoms with Gasteiger partial charge in [-0.1, -0.05) is 0 Å². The summed E-state index contributed by atoms with van der Waals surface area (Å²) in [7, 11) is -2.43. The highest BCUT2D eigenvalue weighted by Gasteiger charge is 2.36. The lowest BCUT2D eigenvalue weighted by Crippen LogP contribution is -2.41. The minimum Gasteiger partial charge on any atom is -0.489 e. The Hall–Kier alpha value is -2.23. The number of aromatic nitrogens is 2. The molecule has 1 saturated carbocycles. The molecule has 1 aromatic heterocycles. The van der Waals surface area contributed by atoms with Crippen LogP contribution in [0.4, 0.5) is 10.5 Å². The Morgan fingerprint density at radius 2 is 2.00 bits per heavy atom. The van der Waals surface area contributed by atoms with Crippen LogP contribution in [-0.4, -0.2) is 53.7 Å². The average Bonchev–Trinajstić information content (AvgIpc) is 3.11. The predicted octanol–water partition coefficient (Wildman–Crippen LogP) is 4.61. The van der Waals surface area contributed by atoms with Gasteiger partial charge in [-0.2, -0.15) is 15.7 Å². The van der Waals surface area contributed by atoms with E-state index in [1.807, 2.05) is 25.3 Å². The third-order valence-electron chi connectivity index (χ3n) is 6.50. The molecule has 0 radical (unpaired) electrons. The van der Waals surface area contributed by atoms with Crippen LogP contribution in [0.3, 0.4) is 0 Å². The number of hydrogen-bond donors (Lipinski definition) is 3. The molecule has 0 bridgehead atoms. The zero-order valence-corrected chi connectivity index (χ0v) is 17.7. The monoisotopic (exact) mass is 433 g/mol. The van der Waals surface area contributed by atoms with Crippen LogP contribution in [0.25, 0.3) is 11.1 Å². The van der Waals surface area contributed by atoms with Crippen molar-refractivity contribution in [3.05, 3.63) is 30.1 Å². The van der Waals surface area contributed by atoms with Crippen molar-refractivity contribution in [2.75, 3.05) is 16.4 Å². The molecule has 3 heterocycles. The maximum absolute atomic E-state index is 11.9. The molecule has 3 N–H and O–H groups in total. The number of benzene rings is 1. The van der Waals surface area contributed by atoms with Crippen molar-refractivity contribution in [2.45, 2.75) is 57.2 Å². The highest BCUT2D eigenvalue weighted by molar-refractivity contribution is 8.25. The second-order valence-corrected chi connectivity index (χ2v) is 10.9. The normalized spacial score (nSPS) is 24.5. The molecule has 1 saturated heterocycles. The van der Waals surface area contributed by atoms with Crippen molar-refractivity contribution in [1.29, 1.82) is 0 Å². The summed E-state index contributed by atoms with van der Waals surface area (Å²) in [5.41, 5.74) is 3.47. The number of amides is 1. The van der Waals surface area contributed by atoms with Gasteiger partial charge >= 0.3 is 6.09 Å². The Morgan fingerprint density at radius 1 is 1.23 bits per heavy atom. The SMILES string of the molecule is CC1CCc2c(ccc(-c3cnn(C4CS(O)(O)C4)c3)c2OC2CCC2)N1C(=O)O. The van der Waals surface area contributed by atoms with Crippen LogP contribution in [0.1, 0.15) is 44.2 Å². The van der Waals surface area contributed by atoms with E-state index in [0.717, 1.165) is 54.5 Å². The van der Waals surface area contributed by atoms with Gasteiger partial charge in [0.2, 0.25) is 0 Å². The largest absolute Gasteiger partial charge is 0.489 e. The Morgan fingerprint density at radius 3 is 2.63 bits per heavy atom. The van der Waals surface area contributed by atoms with E-state index in [1.165, 1.54) is 4.90 Å². The molecule has 5 rings (SSSR count). The fourth-order valence-electron chi connectivity index (χ4n) is 4.51. The van der Waals surface area contributed by atoms with Gasteiger partial charge < -0.3 is 9.84 Å². The predicted molar refractivity (Wildman–Crippen MR) is 116 cm³/mol. The standard InChI is InChI=1S/C21H27N3O5S/c1-13-5-6-18-19(24(13)21(25)26)8-7-17(20(18)29-16-3-2-4-16)14-9-22-23(10-14)15-11-30(27,28)12-15/h7-10,13,15-16,27-28H,2-6,11-12H2,1H3,(H,25,26). The minimum atomic E-state index is -2.43. The Balaban J connectivity index is 1.54. The smallest absolute Gasteiger partial charge is 0.412 e. The summed E-state index contributed by atoms with van der Waals surface area (Å²) in [6.07, 6.45) is 7.64. The lowest BCUT2D eigenvalue weighted by Gasteiger charge is -2.46. The van der Waals surface area contributed by atoms with Crippen molar-refractivity contribution < 1.29 is 23.7 Å². The molecule has 1 aliphatic carbocycles. The lowest BCUT2D eigenvalue weighted by atomic mass is 9.91. The van der Waals surface area contributed by atoms with Crippen LogP contribution in [0.2, 0.25) is 0 Å². The van der Waals surface area contributed by atoms with Gasteiger partial charge in [-0.05, 0) is 51.2 Å². The summed E-state index contributed by atoms with van der Waals surface area (Å²) in [5, 5.41) is 14.2. The van der Waals surface area contributed by atoms with Gasteiger partial charge in [-0.25, -0.2) is 4.79 Å². The van der Waals surface area contributed by atoms with Gasteiger partial charge in [0.1, 0.15) is 5.75 Å². The maximum atomic E-state index is 11.9. The zero-order chi connectivity index (χ0) is 21.0. The molecule has 2 aromatic rings. The summed E-state index contributed by atoms with van der Waals surface area (Å²) in [6.45, 7) is 1.93. The van der Waals surface area contributed by atoms with E-state index in [2.05, 4.69) is 5.10 Å². The lowest BCUT2D eigenvalue weighted by molar-refractivity contribution is 0.119. The summed E-state index contributed by atoms with van der Waals surface area (Å²) >= 11 is 0. The van der Waals surface area contributed by atoms with Crippen molar-refractivity contribution in [3.63, 3.8) is 0 Å². The Kier molecular flexibility index (Phi) is 4.72. The van der Waals surface area contributed by atoms with E-state index < -0.39 is 16.7 Å². The van der Waals surface area contributed by atoms with Gasteiger partial charge in [0.15, 0.2) is 0 Å². The fourth-order valence-corrected chi connectivity index (χ4v) is 5.95. The number of fused-ring (bicyclic) bond motifs is 1. The minimum absolute atomic E-state index is 0.000675. The number of rotatable bonds is 4. The van der Waals surface area contributed by atoms with Crippen LogP contribution in [0, 0.1) is 0 Å². The van der Waals surface area contributed by atoms with Crippen molar-refractivity contribution >= 4 is 22.4 Å². The molecule has 1 amide bonds. The summed E-state index contributed by atoms with van der Waals surface area (Å²) in [4.78, 5) is 13.3. The van der Waals surface area contributed by atoms with E-state index in [1.54, 1.807) is 10.9 Å². The molecule has 3 aliphatic rings. The fraction of sp³-hybridized carbons (Fsp3) is 0.524. The number of anilines is 1. The third-order valence-corrected chi connectivity index (χ3v) is 8.33. The summed E-state index contributed by atoms with van der Waals surface area (Å²) < 4.78 is 27.6. The zero-order valence-electron chi connectivity index (χ0n) is 16.9. The van der Waals surface area contributed by atoms with Crippen molar-refractivity contribution in [2.24, 2.45) is 0 Å². The Labute approximate surface area is 176 Å². The molecule has 1 atom stereocenters. The van der Waals surface area contributed by atoms with Gasteiger partial charge in [0.25, 0.3) is 0 Å². The third kappa shape index (κ3) is 3.34. The molecular formula is C21H27N3O5S.